The van der Waals surface area contributed by atoms with Crippen LogP contribution in [0.4, 0.5) is 0 Å². The molecule has 0 unspecified atom stereocenters. The van der Waals surface area contributed by atoms with Crippen LogP contribution in [0.3, 0.4) is 0 Å². The van der Waals surface area contributed by atoms with Gasteiger partial charge >= 0.3 is 5.97 Å². The van der Waals surface area contributed by atoms with Crippen molar-refractivity contribution in [2.24, 2.45) is 0 Å². The Kier molecular flexibility index (Phi) is 8.66. The molecule has 0 heterocycles. The van der Waals surface area contributed by atoms with E-state index in [0.29, 0.717) is 24.8 Å². The number of aliphatic hydroxyl groups is 2. The molecule has 0 spiro atoms. The Hall–Kier alpha value is -1.59. The maximum absolute atomic E-state index is 11.2. The molecule has 5 heteroatoms. The molecule has 1 aromatic carbocycles. The molecule has 23 heavy (non-hydrogen) atoms. The molecule has 0 saturated carbocycles. The molecule has 0 aliphatic heterocycles. The highest BCUT2D eigenvalue weighted by Gasteiger charge is 2.14. The van der Waals surface area contributed by atoms with Crippen LogP contribution in [-0.2, 0) is 6.42 Å². The first-order valence-electron chi connectivity index (χ1n) is 8.32. The van der Waals surface area contributed by atoms with Crippen molar-refractivity contribution in [2.75, 3.05) is 0 Å². The second-order valence-electron chi connectivity index (χ2n) is 6.15. The predicted octanol–water partition coefficient (Wildman–Crippen LogP) is 3.11. The fraction of sp³-hybridized carbons (Fsp3) is 0.611. The van der Waals surface area contributed by atoms with E-state index in [2.05, 4.69) is 0 Å². The van der Waals surface area contributed by atoms with Crippen molar-refractivity contribution in [3.05, 3.63) is 29.3 Å². The maximum Gasteiger partial charge on any atom is 0.339 e. The van der Waals surface area contributed by atoms with Gasteiger partial charge in [0, 0.05) is 0 Å². The first kappa shape index (κ1) is 19.5. The maximum atomic E-state index is 11.2. The number of carboxylic acid groups (broad SMARTS) is 1. The van der Waals surface area contributed by atoms with Gasteiger partial charge in [-0.3, -0.25) is 0 Å². The lowest BCUT2D eigenvalue weighted by Gasteiger charge is -2.11. The number of aromatic carboxylic acids is 1. The van der Waals surface area contributed by atoms with E-state index in [4.69, 9.17) is 10.2 Å². The largest absolute Gasteiger partial charge is 0.507 e. The number of unbranched alkanes of at least 4 members (excludes halogenated alkanes) is 2. The van der Waals surface area contributed by atoms with E-state index in [1.54, 1.807) is 19.1 Å². The first-order valence-corrected chi connectivity index (χ1v) is 8.32. The minimum atomic E-state index is -1.10. The monoisotopic (exact) mass is 324 g/mol. The fourth-order valence-electron chi connectivity index (χ4n) is 2.71. The van der Waals surface area contributed by atoms with Crippen molar-refractivity contribution in [1.82, 2.24) is 0 Å². The molecule has 0 aliphatic rings. The normalized spacial score (nSPS) is 13.7. The zero-order valence-corrected chi connectivity index (χ0v) is 13.7. The number of hydrogen-bond donors (Lipinski definition) is 4. The molecule has 5 nitrogen and oxygen atoms in total. The van der Waals surface area contributed by atoms with Gasteiger partial charge in [0.05, 0.1) is 12.2 Å². The minimum absolute atomic E-state index is 0.00865. The van der Waals surface area contributed by atoms with Gasteiger partial charge in [-0.25, -0.2) is 4.79 Å². The fourth-order valence-corrected chi connectivity index (χ4v) is 2.71. The van der Waals surface area contributed by atoms with Crippen LogP contribution < -0.4 is 0 Å². The summed E-state index contributed by atoms with van der Waals surface area (Å²) in [5, 5.41) is 37.8. The second kappa shape index (κ2) is 10.2. The van der Waals surface area contributed by atoms with E-state index in [0.717, 1.165) is 32.1 Å². The lowest BCUT2D eigenvalue weighted by atomic mass is 9.99. The summed E-state index contributed by atoms with van der Waals surface area (Å²) in [6, 6.07) is 4.77. The summed E-state index contributed by atoms with van der Waals surface area (Å²) in [4.78, 5) is 11.2. The Morgan fingerprint density at radius 1 is 1.04 bits per heavy atom. The van der Waals surface area contributed by atoms with Crippen LogP contribution >= 0.6 is 0 Å². The van der Waals surface area contributed by atoms with Gasteiger partial charge in [0.15, 0.2) is 0 Å². The van der Waals surface area contributed by atoms with Crippen LogP contribution in [0.25, 0.3) is 0 Å². The number of rotatable bonds is 11. The van der Waals surface area contributed by atoms with Crippen LogP contribution in [0.1, 0.15) is 67.8 Å². The number of aromatic hydroxyl groups is 1. The number of benzene rings is 1. The summed E-state index contributed by atoms with van der Waals surface area (Å²) in [5.41, 5.74) is 0.639. The van der Waals surface area contributed by atoms with E-state index in [9.17, 15) is 15.0 Å². The van der Waals surface area contributed by atoms with E-state index >= 15 is 0 Å². The Morgan fingerprint density at radius 2 is 1.74 bits per heavy atom. The average Bonchev–Trinajstić information content (AvgIpc) is 2.46. The third-order valence-electron chi connectivity index (χ3n) is 3.99. The molecule has 0 fully saturated rings. The Morgan fingerprint density at radius 3 is 2.39 bits per heavy atom. The Balaban J connectivity index is 2.25. The van der Waals surface area contributed by atoms with E-state index in [-0.39, 0.29) is 23.5 Å². The molecule has 0 aliphatic carbocycles. The average molecular weight is 324 g/mol. The van der Waals surface area contributed by atoms with Gasteiger partial charge in [0.2, 0.25) is 0 Å². The molecule has 0 radical (unpaired) electrons. The molecule has 4 N–H and O–H groups in total. The third-order valence-corrected chi connectivity index (χ3v) is 3.99. The molecular weight excluding hydrogens is 296 g/mol. The molecular formula is C18H28O5. The molecule has 0 amide bonds. The molecule has 0 saturated heterocycles. The number of carbonyl (C=O) groups is 1. The van der Waals surface area contributed by atoms with Crippen LogP contribution in [0.15, 0.2) is 18.2 Å². The number of aliphatic hydroxyl groups excluding tert-OH is 2. The minimum Gasteiger partial charge on any atom is -0.507 e. The molecule has 1 aromatic rings. The van der Waals surface area contributed by atoms with Gasteiger partial charge in [-0.15, -0.1) is 0 Å². The van der Waals surface area contributed by atoms with Gasteiger partial charge in [0.1, 0.15) is 11.3 Å². The van der Waals surface area contributed by atoms with Crippen LogP contribution in [-0.4, -0.2) is 38.6 Å². The molecule has 2 atom stereocenters. The molecule has 0 aromatic heterocycles. The van der Waals surface area contributed by atoms with Gasteiger partial charge in [-0.05, 0) is 57.1 Å². The van der Waals surface area contributed by atoms with Crippen LogP contribution in [0, 0.1) is 0 Å². The van der Waals surface area contributed by atoms with Crippen molar-refractivity contribution in [2.45, 2.75) is 70.5 Å². The van der Waals surface area contributed by atoms with Crippen molar-refractivity contribution in [1.29, 1.82) is 0 Å². The third kappa shape index (κ3) is 7.48. The summed E-state index contributed by atoms with van der Waals surface area (Å²) >= 11 is 0. The van der Waals surface area contributed by atoms with Gasteiger partial charge in [-0.1, -0.05) is 25.0 Å². The smallest absolute Gasteiger partial charge is 0.339 e. The highest BCUT2D eigenvalue weighted by Crippen LogP contribution is 2.23. The van der Waals surface area contributed by atoms with Crippen molar-refractivity contribution < 1.29 is 25.2 Å². The molecule has 0 bridgehead atoms. The summed E-state index contributed by atoms with van der Waals surface area (Å²) < 4.78 is 0. The van der Waals surface area contributed by atoms with Crippen molar-refractivity contribution >= 4 is 5.97 Å². The van der Waals surface area contributed by atoms with E-state index in [1.807, 2.05) is 0 Å². The van der Waals surface area contributed by atoms with Crippen molar-refractivity contribution in [3.63, 3.8) is 0 Å². The number of carboxylic acids is 1. The quantitative estimate of drug-likeness (QED) is 0.469. The molecule has 130 valence electrons. The SMILES string of the molecule is C[C@H](O)CCC[C@H](O)CCCCCc1cccc(O)c1C(=O)O. The number of phenols is 1. The summed E-state index contributed by atoms with van der Waals surface area (Å²) in [6.07, 6.45) is 5.55. The van der Waals surface area contributed by atoms with Gasteiger partial charge in [-0.2, -0.15) is 0 Å². The zero-order chi connectivity index (χ0) is 17.2. The second-order valence-corrected chi connectivity index (χ2v) is 6.15. The highest BCUT2D eigenvalue weighted by atomic mass is 16.4. The zero-order valence-electron chi connectivity index (χ0n) is 13.7. The summed E-state index contributed by atoms with van der Waals surface area (Å²) in [5.74, 6) is -1.30. The topological polar surface area (TPSA) is 98.0 Å². The predicted molar refractivity (Wildman–Crippen MR) is 88.8 cm³/mol. The highest BCUT2D eigenvalue weighted by molar-refractivity contribution is 5.92. The van der Waals surface area contributed by atoms with Gasteiger partial charge < -0.3 is 20.4 Å². The van der Waals surface area contributed by atoms with Crippen LogP contribution in [0.2, 0.25) is 0 Å². The van der Waals surface area contributed by atoms with E-state index < -0.39 is 5.97 Å². The lowest BCUT2D eigenvalue weighted by molar-refractivity contribution is 0.0692. The van der Waals surface area contributed by atoms with Crippen LogP contribution in [0.5, 0.6) is 5.75 Å². The van der Waals surface area contributed by atoms with E-state index in [1.165, 1.54) is 6.07 Å². The first-order chi connectivity index (χ1) is 10.9. The number of aryl methyl sites for hydroxylation is 1. The Bertz CT molecular complexity index is 484. The standard InChI is InChI=1S/C18H28O5/c1-13(19)7-5-11-15(20)10-4-2-3-8-14-9-6-12-16(21)17(14)18(22)23/h6,9,12-13,15,19-21H,2-5,7-8,10-11H2,1H3,(H,22,23)/t13-,15+/m0/s1. The summed E-state index contributed by atoms with van der Waals surface area (Å²) in [7, 11) is 0. The molecule has 1 rings (SSSR count). The lowest BCUT2D eigenvalue weighted by Crippen LogP contribution is -2.08. The summed E-state index contributed by atoms with van der Waals surface area (Å²) in [6.45, 7) is 1.75. The van der Waals surface area contributed by atoms with Gasteiger partial charge in [0.25, 0.3) is 0 Å². The van der Waals surface area contributed by atoms with Crippen molar-refractivity contribution in [3.8, 4) is 5.75 Å². The number of hydrogen-bond acceptors (Lipinski definition) is 4. The Labute approximate surface area is 137 Å².